The van der Waals surface area contributed by atoms with Gasteiger partial charge in [0.25, 0.3) is 0 Å². The van der Waals surface area contributed by atoms with E-state index in [4.69, 9.17) is 9.72 Å². The molecular formula is C19H22FN3O. The van der Waals surface area contributed by atoms with Crippen molar-refractivity contribution in [1.82, 2.24) is 9.97 Å². The molecule has 1 aromatic heterocycles. The maximum atomic E-state index is 13.8. The molecule has 0 radical (unpaired) electrons. The average Bonchev–Trinajstić information content (AvgIpc) is 3.47. The van der Waals surface area contributed by atoms with Gasteiger partial charge in [-0.3, -0.25) is 0 Å². The number of ether oxygens (including phenoxy) is 1. The van der Waals surface area contributed by atoms with Crippen LogP contribution in [0.25, 0.3) is 0 Å². The van der Waals surface area contributed by atoms with E-state index in [9.17, 15) is 4.39 Å². The summed E-state index contributed by atoms with van der Waals surface area (Å²) in [6.45, 7) is 2.03. The van der Waals surface area contributed by atoms with Crippen LogP contribution in [0.2, 0.25) is 0 Å². The monoisotopic (exact) mass is 327 g/mol. The lowest BCUT2D eigenvalue weighted by Crippen LogP contribution is -2.16. The molecule has 2 fully saturated rings. The molecule has 4 nitrogen and oxygen atoms in total. The van der Waals surface area contributed by atoms with Crippen molar-refractivity contribution in [2.75, 3.05) is 18.5 Å². The van der Waals surface area contributed by atoms with Gasteiger partial charge in [-0.15, -0.1) is 0 Å². The molecule has 126 valence electrons. The second-order valence-electron chi connectivity index (χ2n) is 6.64. The third kappa shape index (κ3) is 3.56. The van der Waals surface area contributed by atoms with Crippen LogP contribution < -0.4 is 5.32 Å². The van der Waals surface area contributed by atoms with E-state index < -0.39 is 0 Å². The quantitative estimate of drug-likeness (QED) is 0.902. The normalized spacial score (nSPS) is 18.5. The fourth-order valence-corrected chi connectivity index (χ4v) is 3.13. The van der Waals surface area contributed by atoms with E-state index >= 15 is 0 Å². The highest BCUT2D eigenvalue weighted by atomic mass is 19.1. The number of rotatable bonds is 5. The molecule has 1 aromatic carbocycles. The predicted octanol–water partition coefficient (Wildman–Crippen LogP) is 4.00. The van der Waals surface area contributed by atoms with Crippen molar-refractivity contribution in [3.05, 3.63) is 53.2 Å². The Morgan fingerprint density at radius 2 is 1.83 bits per heavy atom. The zero-order chi connectivity index (χ0) is 16.4. The Morgan fingerprint density at radius 3 is 2.58 bits per heavy atom. The molecule has 1 saturated heterocycles. The number of aromatic nitrogens is 2. The van der Waals surface area contributed by atoms with E-state index in [0.717, 1.165) is 43.4 Å². The SMILES string of the molecule is Fc1ccccc1CNc1cc(C2CCOCC2)nc(C2CC2)n1. The summed E-state index contributed by atoms with van der Waals surface area (Å²) in [6.07, 6.45) is 4.36. The van der Waals surface area contributed by atoms with Crippen molar-refractivity contribution in [3.63, 3.8) is 0 Å². The van der Waals surface area contributed by atoms with E-state index in [1.54, 1.807) is 12.1 Å². The Labute approximate surface area is 141 Å². The number of nitrogens with one attached hydrogen (secondary N) is 1. The number of halogens is 1. The first kappa shape index (κ1) is 15.5. The highest BCUT2D eigenvalue weighted by molar-refractivity contribution is 5.39. The van der Waals surface area contributed by atoms with Gasteiger partial charge in [-0.05, 0) is 31.7 Å². The number of benzene rings is 1. The summed E-state index contributed by atoms with van der Waals surface area (Å²) in [7, 11) is 0. The highest BCUT2D eigenvalue weighted by Crippen LogP contribution is 2.39. The topological polar surface area (TPSA) is 47.0 Å². The van der Waals surface area contributed by atoms with Gasteiger partial charge >= 0.3 is 0 Å². The van der Waals surface area contributed by atoms with Crippen LogP contribution in [0.3, 0.4) is 0 Å². The molecule has 4 rings (SSSR count). The Balaban J connectivity index is 1.55. The van der Waals surface area contributed by atoms with E-state index in [0.29, 0.717) is 23.9 Å². The van der Waals surface area contributed by atoms with E-state index in [1.807, 2.05) is 12.1 Å². The summed E-state index contributed by atoms with van der Waals surface area (Å²) in [5.74, 6) is 2.49. The van der Waals surface area contributed by atoms with Gasteiger partial charge in [0.2, 0.25) is 0 Å². The van der Waals surface area contributed by atoms with Crippen molar-refractivity contribution in [1.29, 1.82) is 0 Å². The van der Waals surface area contributed by atoms with Gasteiger partial charge < -0.3 is 10.1 Å². The Bertz CT molecular complexity index is 712. The van der Waals surface area contributed by atoms with E-state index in [1.165, 1.54) is 18.9 Å². The molecule has 5 heteroatoms. The molecule has 0 atom stereocenters. The van der Waals surface area contributed by atoms with Gasteiger partial charge in [-0.25, -0.2) is 14.4 Å². The molecule has 1 N–H and O–H groups in total. The van der Waals surface area contributed by atoms with Crippen molar-refractivity contribution in [3.8, 4) is 0 Å². The number of nitrogens with zero attached hydrogens (tertiary/aromatic N) is 2. The van der Waals surface area contributed by atoms with Crippen LogP contribution in [0.15, 0.2) is 30.3 Å². The average molecular weight is 327 g/mol. The van der Waals surface area contributed by atoms with E-state index in [2.05, 4.69) is 10.3 Å². The Kier molecular flexibility index (Phi) is 4.43. The van der Waals surface area contributed by atoms with E-state index in [-0.39, 0.29) is 5.82 Å². The van der Waals surface area contributed by atoms with Crippen LogP contribution in [0.5, 0.6) is 0 Å². The maximum Gasteiger partial charge on any atom is 0.134 e. The molecule has 0 bridgehead atoms. The summed E-state index contributed by atoms with van der Waals surface area (Å²) in [4.78, 5) is 9.47. The first-order valence-electron chi connectivity index (χ1n) is 8.73. The van der Waals surface area contributed by atoms with Crippen LogP contribution in [0.1, 0.15) is 54.6 Å². The first-order chi connectivity index (χ1) is 11.8. The molecule has 2 aliphatic rings. The summed E-state index contributed by atoms with van der Waals surface area (Å²) in [5, 5.41) is 3.28. The molecule has 2 aromatic rings. The molecular weight excluding hydrogens is 305 g/mol. The predicted molar refractivity (Wildman–Crippen MR) is 90.5 cm³/mol. The largest absolute Gasteiger partial charge is 0.381 e. The Morgan fingerprint density at radius 1 is 1.04 bits per heavy atom. The van der Waals surface area contributed by atoms with Crippen LogP contribution in [0.4, 0.5) is 10.2 Å². The van der Waals surface area contributed by atoms with Gasteiger partial charge in [-0.1, -0.05) is 18.2 Å². The molecule has 2 heterocycles. The minimum absolute atomic E-state index is 0.189. The standard InChI is InChI=1S/C19H22FN3O/c20-16-4-2-1-3-15(16)12-21-18-11-17(13-7-9-24-10-8-13)22-19(23-18)14-5-6-14/h1-4,11,13-14H,5-10,12H2,(H,21,22,23). The zero-order valence-electron chi connectivity index (χ0n) is 13.7. The minimum Gasteiger partial charge on any atom is -0.381 e. The lowest BCUT2D eigenvalue weighted by Gasteiger charge is -2.22. The number of anilines is 1. The number of hydrogen-bond acceptors (Lipinski definition) is 4. The van der Waals surface area contributed by atoms with Crippen molar-refractivity contribution in [2.45, 2.75) is 44.1 Å². The van der Waals surface area contributed by atoms with Gasteiger partial charge in [-0.2, -0.15) is 0 Å². The third-order valence-electron chi connectivity index (χ3n) is 4.76. The van der Waals surface area contributed by atoms with Crippen LogP contribution in [-0.4, -0.2) is 23.2 Å². The molecule has 1 saturated carbocycles. The smallest absolute Gasteiger partial charge is 0.134 e. The summed E-state index contributed by atoms with van der Waals surface area (Å²) in [6, 6.07) is 8.87. The lowest BCUT2D eigenvalue weighted by molar-refractivity contribution is 0.0844. The molecule has 24 heavy (non-hydrogen) atoms. The molecule has 1 aliphatic heterocycles. The molecule has 0 spiro atoms. The maximum absolute atomic E-state index is 13.8. The first-order valence-corrected chi connectivity index (χ1v) is 8.73. The fraction of sp³-hybridized carbons (Fsp3) is 0.474. The second-order valence-corrected chi connectivity index (χ2v) is 6.64. The second kappa shape index (κ2) is 6.85. The molecule has 0 unspecified atom stereocenters. The highest BCUT2D eigenvalue weighted by Gasteiger charge is 2.28. The Hall–Kier alpha value is -2.01. The lowest BCUT2D eigenvalue weighted by atomic mass is 9.96. The van der Waals surface area contributed by atoms with Gasteiger partial charge in [0.05, 0.1) is 0 Å². The number of hydrogen-bond donors (Lipinski definition) is 1. The van der Waals surface area contributed by atoms with Crippen molar-refractivity contribution >= 4 is 5.82 Å². The summed E-state index contributed by atoms with van der Waals surface area (Å²) < 4.78 is 19.3. The van der Waals surface area contributed by atoms with Gasteiger partial charge in [0.15, 0.2) is 0 Å². The van der Waals surface area contributed by atoms with Crippen molar-refractivity contribution < 1.29 is 9.13 Å². The molecule has 1 aliphatic carbocycles. The summed E-state index contributed by atoms with van der Waals surface area (Å²) >= 11 is 0. The third-order valence-corrected chi connectivity index (χ3v) is 4.76. The van der Waals surface area contributed by atoms with Gasteiger partial charge in [0.1, 0.15) is 17.5 Å². The van der Waals surface area contributed by atoms with Crippen LogP contribution in [-0.2, 0) is 11.3 Å². The zero-order valence-corrected chi connectivity index (χ0v) is 13.7. The fourth-order valence-electron chi connectivity index (χ4n) is 3.13. The van der Waals surface area contributed by atoms with Crippen molar-refractivity contribution in [2.24, 2.45) is 0 Å². The van der Waals surface area contributed by atoms with Crippen LogP contribution >= 0.6 is 0 Å². The van der Waals surface area contributed by atoms with Crippen LogP contribution in [0, 0.1) is 5.82 Å². The molecule has 0 amide bonds. The summed E-state index contributed by atoms with van der Waals surface area (Å²) in [5.41, 5.74) is 1.75. The minimum atomic E-state index is -0.189. The van der Waals surface area contributed by atoms with Gasteiger partial charge in [0, 0.05) is 48.9 Å².